The summed E-state index contributed by atoms with van der Waals surface area (Å²) in [5, 5.41) is 12.6. The zero-order valence-electron chi connectivity index (χ0n) is 13.7. The molecule has 1 fully saturated rings. The van der Waals surface area contributed by atoms with E-state index >= 15 is 0 Å². The number of rotatable bonds is 4. The number of aromatic nitrogens is 1. The summed E-state index contributed by atoms with van der Waals surface area (Å²) in [5.41, 5.74) is 0.270. The number of carbonyl (C=O) groups is 2. The first-order valence-corrected chi connectivity index (χ1v) is 8.26. The van der Waals surface area contributed by atoms with E-state index in [0.717, 1.165) is 0 Å². The Morgan fingerprint density at radius 2 is 2.12 bits per heavy atom. The summed E-state index contributed by atoms with van der Waals surface area (Å²) < 4.78 is 0. The Kier molecular flexibility index (Phi) is 4.63. The van der Waals surface area contributed by atoms with Gasteiger partial charge >= 0.3 is 5.97 Å². The van der Waals surface area contributed by atoms with Crippen LogP contribution >= 0.6 is 11.6 Å². The zero-order valence-corrected chi connectivity index (χ0v) is 14.5. The van der Waals surface area contributed by atoms with Gasteiger partial charge in [0.25, 0.3) is 5.91 Å². The van der Waals surface area contributed by atoms with Gasteiger partial charge in [0.1, 0.15) is 5.82 Å². The highest BCUT2D eigenvalue weighted by Gasteiger charge is 2.40. The van der Waals surface area contributed by atoms with Crippen molar-refractivity contribution < 1.29 is 14.7 Å². The van der Waals surface area contributed by atoms with Crippen LogP contribution in [0.4, 0.5) is 11.5 Å². The fraction of sp³-hybridized carbons (Fsp3) is 0.278. The Morgan fingerprint density at radius 1 is 1.32 bits per heavy atom. The lowest BCUT2D eigenvalue weighted by Crippen LogP contribution is -2.32. The molecular weight excluding hydrogens is 342 g/mol. The van der Waals surface area contributed by atoms with Crippen LogP contribution in [0.1, 0.15) is 23.7 Å². The number of carboxylic acid groups (broad SMARTS) is 1. The van der Waals surface area contributed by atoms with Gasteiger partial charge < -0.3 is 15.3 Å². The minimum Gasteiger partial charge on any atom is -0.481 e. The van der Waals surface area contributed by atoms with Gasteiger partial charge in [0.05, 0.1) is 11.0 Å². The summed E-state index contributed by atoms with van der Waals surface area (Å²) in [6, 6.07) is 10.3. The molecule has 130 valence electrons. The third-order valence-corrected chi connectivity index (χ3v) is 4.64. The van der Waals surface area contributed by atoms with Crippen molar-refractivity contribution in [2.24, 2.45) is 5.41 Å². The molecule has 2 heterocycles. The van der Waals surface area contributed by atoms with Crippen molar-refractivity contribution in [1.82, 2.24) is 4.98 Å². The van der Waals surface area contributed by atoms with Gasteiger partial charge in [-0.05, 0) is 43.7 Å². The number of nitrogens with one attached hydrogen (secondary N) is 1. The zero-order chi connectivity index (χ0) is 18.0. The van der Waals surface area contributed by atoms with Crippen molar-refractivity contribution in [1.29, 1.82) is 0 Å². The number of hydrogen-bond acceptors (Lipinski definition) is 4. The number of halogens is 1. The van der Waals surface area contributed by atoms with E-state index in [2.05, 4.69) is 10.3 Å². The minimum absolute atomic E-state index is 0.280. The van der Waals surface area contributed by atoms with Crippen LogP contribution in [0.5, 0.6) is 0 Å². The van der Waals surface area contributed by atoms with Crippen LogP contribution in [0.2, 0.25) is 5.02 Å². The molecule has 7 heteroatoms. The first kappa shape index (κ1) is 17.2. The van der Waals surface area contributed by atoms with Gasteiger partial charge in [-0.2, -0.15) is 0 Å². The molecule has 1 atom stereocenters. The van der Waals surface area contributed by atoms with Gasteiger partial charge in [0, 0.05) is 30.0 Å². The number of carboxylic acids is 1. The lowest BCUT2D eigenvalue weighted by atomic mass is 9.90. The number of carbonyl (C=O) groups excluding carboxylic acids is 1. The van der Waals surface area contributed by atoms with Crippen LogP contribution in [0.3, 0.4) is 0 Å². The lowest BCUT2D eigenvalue weighted by molar-refractivity contribution is -0.146. The predicted octanol–water partition coefficient (Wildman–Crippen LogP) is 3.29. The third-order valence-electron chi connectivity index (χ3n) is 4.41. The molecule has 0 saturated carbocycles. The number of nitrogens with zero attached hydrogens (tertiary/aromatic N) is 2. The molecule has 1 saturated heterocycles. The number of anilines is 2. The highest BCUT2D eigenvalue weighted by molar-refractivity contribution is 6.30. The fourth-order valence-corrected chi connectivity index (χ4v) is 3.00. The maximum absolute atomic E-state index is 12.3. The van der Waals surface area contributed by atoms with Crippen LogP contribution in [0.25, 0.3) is 0 Å². The molecule has 1 aromatic carbocycles. The van der Waals surface area contributed by atoms with Gasteiger partial charge in [-0.25, -0.2) is 4.98 Å². The molecular formula is C18H18ClN3O3. The third kappa shape index (κ3) is 3.74. The molecule has 2 N–H and O–H groups in total. The first-order valence-electron chi connectivity index (χ1n) is 7.89. The molecule has 0 radical (unpaired) electrons. The molecule has 6 nitrogen and oxygen atoms in total. The normalized spacial score (nSPS) is 19.7. The van der Waals surface area contributed by atoms with E-state index in [1.807, 2.05) is 4.90 Å². The van der Waals surface area contributed by atoms with Gasteiger partial charge in [0.2, 0.25) is 0 Å². The number of pyridine rings is 1. The average Bonchev–Trinajstić information content (AvgIpc) is 2.99. The molecule has 25 heavy (non-hydrogen) atoms. The van der Waals surface area contributed by atoms with Gasteiger partial charge in [-0.1, -0.05) is 17.7 Å². The molecule has 1 aliphatic rings. The molecule has 0 bridgehead atoms. The van der Waals surface area contributed by atoms with Gasteiger partial charge in [-0.15, -0.1) is 0 Å². The quantitative estimate of drug-likeness (QED) is 0.875. The van der Waals surface area contributed by atoms with Crippen molar-refractivity contribution in [2.45, 2.75) is 13.3 Å². The Balaban J connectivity index is 1.68. The minimum atomic E-state index is -0.799. The van der Waals surface area contributed by atoms with E-state index in [1.54, 1.807) is 43.3 Å². The summed E-state index contributed by atoms with van der Waals surface area (Å²) in [7, 11) is 0. The number of amides is 1. The molecule has 1 aromatic heterocycles. The SMILES string of the molecule is CC1(C(=O)O)CCN(c2ccc(C(=O)Nc3cccc(Cl)c3)cn2)C1. The molecule has 0 aliphatic carbocycles. The Hall–Kier alpha value is -2.60. The second-order valence-corrected chi connectivity index (χ2v) is 6.84. The van der Waals surface area contributed by atoms with Gasteiger partial charge in [-0.3, -0.25) is 9.59 Å². The predicted molar refractivity (Wildman–Crippen MR) is 96.2 cm³/mol. The smallest absolute Gasteiger partial charge is 0.311 e. The Labute approximate surface area is 150 Å². The molecule has 3 rings (SSSR count). The van der Waals surface area contributed by atoms with E-state index in [9.17, 15) is 14.7 Å². The molecule has 1 amide bonds. The van der Waals surface area contributed by atoms with Crippen LogP contribution in [0, 0.1) is 5.41 Å². The Morgan fingerprint density at radius 3 is 2.72 bits per heavy atom. The van der Waals surface area contributed by atoms with Crippen LogP contribution in [0.15, 0.2) is 42.6 Å². The molecule has 2 aromatic rings. The Bertz CT molecular complexity index is 809. The summed E-state index contributed by atoms with van der Waals surface area (Å²) >= 11 is 5.90. The van der Waals surface area contributed by atoms with E-state index in [-0.39, 0.29) is 5.91 Å². The first-order chi connectivity index (χ1) is 11.9. The highest BCUT2D eigenvalue weighted by Crippen LogP contribution is 2.32. The highest BCUT2D eigenvalue weighted by atomic mass is 35.5. The van der Waals surface area contributed by atoms with Crippen molar-refractivity contribution in [3.63, 3.8) is 0 Å². The topological polar surface area (TPSA) is 82.5 Å². The van der Waals surface area contributed by atoms with Gasteiger partial charge in [0.15, 0.2) is 0 Å². The standard InChI is InChI=1S/C18H18ClN3O3/c1-18(17(24)25)7-8-22(11-18)15-6-5-12(10-20-15)16(23)21-14-4-2-3-13(19)9-14/h2-6,9-10H,7-8,11H2,1H3,(H,21,23)(H,24,25). The van der Waals surface area contributed by atoms with Crippen molar-refractivity contribution in [2.75, 3.05) is 23.3 Å². The van der Waals surface area contributed by atoms with Crippen LogP contribution in [-0.4, -0.2) is 35.1 Å². The second kappa shape index (κ2) is 6.72. The number of aliphatic carboxylic acids is 1. The van der Waals surface area contributed by atoms with E-state index in [4.69, 9.17) is 11.6 Å². The van der Waals surface area contributed by atoms with E-state index < -0.39 is 11.4 Å². The molecule has 1 aliphatic heterocycles. The van der Waals surface area contributed by atoms with Crippen molar-refractivity contribution >= 4 is 35.0 Å². The summed E-state index contributed by atoms with van der Waals surface area (Å²) in [6.45, 7) is 2.77. The molecule has 0 spiro atoms. The second-order valence-electron chi connectivity index (χ2n) is 6.41. The van der Waals surface area contributed by atoms with Crippen molar-refractivity contribution in [3.05, 3.63) is 53.2 Å². The summed E-state index contributed by atoms with van der Waals surface area (Å²) in [6.07, 6.45) is 2.06. The van der Waals surface area contributed by atoms with Crippen molar-refractivity contribution in [3.8, 4) is 0 Å². The fourth-order valence-electron chi connectivity index (χ4n) is 2.81. The maximum Gasteiger partial charge on any atom is 0.311 e. The number of benzene rings is 1. The number of hydrogen-bond donors (Lipinski definition) is 2. The lowest BCUT2D eigenvalue weighted by Gasteiger charge is -2.21. The molecule has 1 unspecified atom stereocenters. The monoisotopic (exact) mass is 359 g/mol. The van der Waals surface area contributed by atoms with E-state index in [0.29, 0.717) is 41.6 Å². The average molecular weight is 360 g/mol. The maximum atomic E-state index is 12.3. The summed E-state index contributed by atoms with van der Waals surface area (Å²) in [5.74, 6) is -0.407. The van der Waals surface area contributed by atoms with Crippen LogP contribution < -0.4 is 10.2 Å². The summed E-state index contributed by atoms with van der Waals surface area (Å²) in [4.78, 5) is 29.8. The van der Waals surface area contributed by atoms with Crippen LogP contribution in [-0.2, 0) is 4.79 Å². The van der Waals surface area contributed by atoms with E-state index in [1.165, 1.54) is 6.20 Å². The largest absolute Gasteiger partial charge is 0.481 e.